The predicted molar refractivity (Wildman–Crippen MR) is 93.5 cm³/mol. The van der Waals surface area contributed by atoms with Crippen molar-refractivity contribution in [2.75, 3.05) is 13.2 Å². The lowest BCUT2D eigenvalue weighted by Gasteiger charge is -2.39. The van der Waals surface area contributed by atoms with Crippen LogP contribution < -0.4 is 5.32 Å². The van der Waals surface area contributed by atoms with Gasteiger partial charge in [0.05, 0.1) is 0 Å². The van der Waals surface area contributed by atoms with Crippen LogP contribution in [0.5, 0.6) is 0 Å². The molecular formula is C19H30N2O2. The molecule has 2 amide bonds. The quantitative estimate of drug-likeness (QED) is 0.875. The molecule has 2 atom stereocenters. The van der Waals surface area contributed by atoms with E-state index in [2.05, 4.69) is 38.2 Å². The highest BCUT2D eigenvalue weighted by atomic mass is 16.3. The van der Waals surface area contributed by atoms with Gasteiger partial charge >= 0.3 is 6.03 Å². The van der Waals surface area contributed by atoms with Gasteiger partial charge in [0.2, 0.25) is 0 Å². The summed E-state index contributed by atoms with van der Waals surface area (Å²) in [5.74, 6) is 0. The highest BCUT2D eigenvalue weighted by Crippen LogP contribution is 2.27. The molecule has 2 rings (SSSR count). The van der Waals surface area contributed by atoms with Crippen LogP contribution in [-0.4, -0.2) is 41.3 Å². The SMILES string of the molecule is CC(NC(=O)N1CCCCC1CCO)C(C)(C)c1ccccc1. The number of urea groups is 1. The van der Waals surface area contributed by atoms with Gasteiger partial charge in [0.25, 0.3) is 0 Å². The molecule has 0 radical (unpaired) electrons. The van der Waals surface area contributed by atoms with E-state index in [0.29, 0.717) is 6.42 Å². The van der Waals surface area contributed by atoms with Gasteiger partial charge in [-0.1, -0.05) is 44.2 Å². The average Bonchev–Trinajstić information content (AvgIpc) is 2.56. The maximum Gasteiger partial charge on any atom is 0.317 e. The number of nitrogens with one attached hydrogen (secondary N) is 1. The first-order valence-electron chi connectivity index (χ1n) is 8.70. The summed E-state index contributed by atoms with van der Waals surface area (Å²) in [7, 11) is 0. The largest absolute Gasteiger partial charge is 0.396 e. The Kier molecular flexibility index (Phi) is 6.05. The Morgan fingerprint density at radius 2 is 2.04 bits per heavy atom. The lowest BCUT2D eigenvalue weighted by atomic mass is 9.78. The lowest BCUT2D eigenvalue weighted by molar-refractivity contribution is 0.127. The van der Waals surface area contributed by atoms with Crippen LogP contribution in [0, 0.1) is 0 Å². The van der Waals surface area contributed by atoms with Crippen LogP contribution in [0.3, 0.4) is 0 Å². The number of nitrogens with zero attached hydrogens (tertiary/aromatic N) is 1. The normalized spacial score (nSPS) is 20.2. The number of rotatable bonds is 5. The minimum atomic E-state index is -0.140. The number of likely N-dealkylation sites (tertiary alicyclic amines) is 1. The molecule has 2 unspecified atom stereocenters. The first-order chi connectivity index (χ1) is 11.0. The predicted octanol–water partition coefficient (Wildman–Crippen LogP) is 3.30. The van der Waals surface area contributed by atoms with Crippen molar-refractivity contribution in [3.63, 3.8) is 0 Å². The van der Waals surface area contributed by atoms with Gasteiger partial charge < -0.3 is 15.3 Å². The fraction of sp³-hybridized carbons (Fsp3) is 0.632. The number of carbonyl (C=O) groups is 1. The summed E-state index contributed by atoms with van der Waals surface area (Å²) in [6.07, 6.45) is 3.85. The maximum atomic E-state index is 12.7. The van der Waals surface area contributed by atoms with Crippen molar-refractivity contribution in [1.29, 1.82) is 0 Å². The third kappa shape index (κ3) is 4.25. The van der Waals surface area contributed by atoms with Crippen molar-refractivity contribution >= 4 is 6.03 Å². The molecular weight excluding hydrogens is 288 g/mol. The molecule has 1 saturated heterocycles. The van der Waals surface area contributed by atoms with Crippen molar-refractivity contribution in [3.8, 4) is 0 Å². The molecule has 0 bridgehead atoms. The van der Waals surface area contributed by atoms with Crippen molar-refractivity contribution in [1.82, 2.24) is 10.2 Å². The van der Waals surface area contributed by atoms with Gasteiger partial charge in [-0.25, -0.2) is 4.79 Å². The molecule has 1 heterocycles. The van der Waals surface area contributed by atoms with E-state index >= 15 is 0 Å². The highest BCUT2D eigenvalue weighted by molar-refractivity contribution is 5.75. The number of carbonyl (C=O) groups excluding carboxylic acids is 1. The van der Waals surface area contributed by atoms with E-state index in [1.165, 1.54) is 5.56 Å². The molecule has 128 valence electrons. The minimum Gasteiger partial charge on any atom is -0.396 e. The zero-order chi connectivity index (χ0) is 16.9. The molecule has 1 aliphatic heterocycles. The minimum absolute atomic E-state index is 0.000318. The second kappa shape index (κ2) is 7.82. The molecule has 0 aromatic heterocycles. The van der Waals surface area contributed by atoms with Crippen molar-refractivity contribution < 1.29 is 9.90 Å². The molecule has 0 saturated carbocycles. The fourth-order valence-corrected chi connectivity index (χ4v) is 3.28. The molecule has 4 heteroatoms. The monoisotopic (exact) mass is 318 g/mol. The van der Waals surface area contributed by atoms with Gasteiger partial charge in [0.15, 0.2) is 0 Å². The highest BCUT2D eigenvalue weighted by Gasteiger charge is 2.32. The van der Waals surface area contributed by atoms with E-state index in [1.54, 1.807) is 0 Å². The third-order valence-corrected chi connectivity index (χ3v) is 5.29. The number of hydrogen-bond donors (Lipinski definition) is 2. The van der Waals surface area contributed by atoms with Gasteiger partial charge in [-0.15, -0.1) is 0 Å². The second-order valence-electron chi connectivity index (χ2n) is 7.11. The Labute approximate surface area is 139 Å². The summed E-state index contributed by atoms with van der Waals surface area (Å²) in [6, 6.07) is 10.5. The fourth-order valence-electron chi connectivity index (χ4n) is 3.28. The van der Waals surface area contributed by atoms with Crippen LogP contribution in [0.4, 0.5) is 4.79 Å². The summed E-state index contributed by atoms with van der Waals surface area (Å²) in [5, 5.41) is 12.4. The van der Waals surface area contributed by atoms with Crippen LogP contribution in [0.2, 0.25) is 0 Å². The average molecular weight is 318 g/mol. The number of piperidine rings is 1. The van der Waals surface area contributed by atoms with E-state index in [4.69, 9.17) is 0 Å². The lowest BCUT2D eigenvalue weighted by Crippen LogP contribution is -2.54. The molecule has 0 aliphatic carbocycles. The first kappa shape index (κ1) is 17.8. The second-order valence-corrected chi connectivity index (χ2v) is 7.11. The van der Waals surface area contributed by atoms with E-state index in [0.717, 1.165) is 25.8 Å². The van der Waals surface area contributed by atoms with Crippen LogP contribution in [0.15, 0.2) is 30.3 Å². The molecule has 1 fully saturated rings. The Morgan fingerprint density at radius 1 is 1.35 bits per heavy atom. The topological polar surface area (TPSA) is 52.6 Å². The smallest absolute Gasteiger partial charge is 0.317 e. The number of amides is 2. The van der Waals surface area contributed by atoms with Crippen LogP contribution >= 0.6 is 0 Å². The molecule has 4 nitrogen and oxygen atoms in total. The number of hydrogen-bond acceptors (Lipinski definition) is 2. The van der Waals surface area contributed by atoms with Crippen molar-refractivity contribution in [3.05, 3.63) is 35.9 Å². The van der Waals surface area contributed by atoms with Gasteiger partial charge in [-0.3, -0.25) is 0 Å². The van der Waals surface area contributed by atoms with E-state index in [9.17, 15) is 9.90 Å². The Balaban J connectivity index is 2.03. The summed E-state index contributed by atoms with van der Waals surface area (Å²) >= 11 is 0. The van der Waals surface area contributed by atoms with Crippen LogP contribution in [0.25, 0.3) is 0 Å². The molecule has 2 N–H and O–H groups in total. The Hall–Kier alpha value is -1.55. The summed E-state index contributed by atoms with van der Waals surface area (Å²) in [6.45, 7) is 7.31. The van der Waals surface area contributed by atoms with Gasteiger partial charge in [-0.2, -0.15) is 0 Å². The van der Waals surface area contributed by atoms with Gasteiger partial charge in [0.1, 0.15) is 0 Å². The molecule has 23 heavy (non-hydrogen) atoms. The molecule has 1 aromatic carbocycles. The van der Waals surface area contributed by atoms with E-state index < -0.39 is 0 Å². The van der Waals surface area contributed by atoms with Crippen LogP contribution in [0.1, 0.15) is 52.0 Å². The number of aliphatic hydroxyl groups is 1. The standard InChI is InChI=1S/C19H30N2O2/c1-15(19(2,3)16-9-5-4-6-10-16)20-18(23)21-13-8-7-11-17(21)12-14-22/h4-6,9-10,15,17,22H,7-8,11-14H2,1-3H3,(H,20,23). The number of benzene rings is 1. The molecule has 1 aromatic rings. The van der Waals surface area contributed by atoms with Gasteiger partial charge in [0, 0.05) is 30.7 Å². The summed E-state index contributed by atoms with van der Waals surface area (Å²) in [5.41, 5.74) is 1.08. The first-order valence-corrected chi connectivity index (χ1v) is 8.70. The van der Waals surface area contributed by atoms with E-state index in [-0.39, 0.29) is 30.1 Å². The third-order valence-electron chi connectivity index (χ3n) is 5.29. The van der Waals surface area contributed by atoms with Crippen LogP contribution in [-0.2, 0) is 5.41 Å². The maximum absolute atomic E-state index is 12.7. The zero-order valence-corrected chi connectivity index (χ0v) is 14.6. The van der Waals surface area contributed by atoms with Gasteiger partial charge in [-0.05, 0) is 38.2 Å². The van der Waals surface area contributed by atoms with Crippen molar-refractivity contribution in [2.24, 2.45) is 0 Å². The molecule has 0 spiro atoms. The Bertz CT molecular complexity index is 499. The number of aliphatic hydroxyl groups excluding tert-OH is 1. The molecule has 1 aliphatic rings. The summed E-state index contributed by atoms with van der Waals surface area (Å²) < 4.78 is 0. The zero-order valence-electron chi connectivity index (χ0n) is 14.6. The summed E-state index contributed by atoms with van der Waals surface area (Å²) in [4.78, 5) is 14.6. The van der Waals surface area contributed by atoms with E-state index in [1.807, 2.05) is 23.1 Å². The van der Waals surface area contributed by atoms with Crippen molar-refractivity contribution in [2.45, 2.75) is 64.0 Å². The Morgan fingerprint density at radius 3 is 2.70 bits per heavy atom.